The van der Waals surface area contributed by atoms with Gasteiger partial charge < -0.3 is 10.1 Å². The summed E-state index contributed by atoms with van der Waals surface area (Å²) < 4.78 is 30.5. The molecule has 192 valence electrons. The maximum atomic E-state index is 13.1. The van der Waals surface area contributed by atoms with Crippen LogP contribution in [-0.4, -0.2) is 51.6 Å². The summed E-state index contributed by atoms with van der Waals surface area (Å²) in [5.74, 6) is -0.772. The summed E-state index contributed by atoms with van der Waals surface area (Å²) in [5, 5.41) is 2.88. The first-order chi connectivity index (χ1) is 17.6. The number of sulfone groups is 1. The van der Waals surface area contributed by atoms with E-state index in [-0.39, 0.29) is 35.5 Å². The fraction of sp³-hybridized carbons (Fsp3) is 0.241. The van der Waals surface area contributed by atoms with Crippen LogP contribution in [0.2, 0.25) is 0 Å². The van der Waals surface area contributed by atoms with Gasteiger partial charge in [0.2, 0.25) is 0 Å². The third-order valence-corrected chi connectivity index (χ3v) is 8.07. The van der Waals surface area contributed by atoms with Crippen molar-refractivity contribution in [2.45, 2.75) is 24.8 Å². The van der Waals surface area contributed by atoms with Crippen molar-refractivity contribution in [1.29, 1.82) is 0 Å². The van der Waals surface area contributed by atoms with Crippen LogP contribution in [0.25, 0.3) is 17.2 Å². The number of hydrogen-bond acceptors (Lipinski definition) is 6. The number of rotatable bonds is 7. The van der Waals surface area contributed by atoms with E-state index in [1.165, 1.54) is 7.11 Å². The van der Waals surface area contributed by atoms with E-state index < -0.39 is 9.84 Å². The number of fused-ring (bicyclic) bond motifs is 1. The van der Waals surface area contributed by atoms with Gasteiger partial charge in [-0.2, -0.15) is 0 Å². The molecule has 4 rings (SSSR count). The van der Waals surface area contributed by atoms with Crippen LogP contribution >= 0.6 is 0 Å². The second-order valence-electron chi connectivity index (χ2n) is 9.26. The Balaban J connectivity index is 1.53. The lowest BCUT2D eigenvalue weighted by molar-refractivity contribution is -0.141. The first kappa shape index (κ1) is 26.3. The van der Waals surface area contributed by atoms with Gasteiger partial charge >= 0.3 is 5.97 Å². The van der Waals surface area contributed by atoms with E-state index in [9.17, 15) is 18.0 Å². The number of carbonyl (C=O) groups is 2. The number of benzene rings is 3. The molecule has 0 bridgehead atoms. The number of carbonyl (C=O) groups excluding carboxylic acids is 2. The normalized spacial score (nSPS) is 14.3. The molecule has 1 amide bonds. The summed E-state index contributed by atoms with van der Waals surface area (Å²) in [4.78, 5) is 26.6. The maximum Gasteiger partial charge on any atom is 0.319 e. The minimum absolute atomic E-state index is 0.124. The van der Waals surface area contributed by atoms with Crippen LogP contribution in [0.1, 0.15) is 23.1 Å². The Labute approximate surface area is 217 Å². The zero-order valence-electron chi connectivity index (χ0n) is 21.2. The van der Waals surface area contributed by atoms with Gasteiger partial charge in [0.05, 0.1) is 24.3 Å². The summed E-state index contributed by atoms with van der Waals surface area (Å²) in [6.07, 6.45) is 1.81. The highest BCUT2D eigenvalue weighted by atomic mass is 32.2. The summed E-state index contributed by atoms with van der Waals surface area (Å²) in [5.41, 5.74) is 5.51. The Bertz CT molecular complexity index is 1440. The molecule has 1 aliphatic rings. The van der Waals surface area contributed by atoms with E-state index in [0.29, 0.717) is 23.4 Å². The monoisotopic (exact) mass is 518 g/mol. The number of likely N-dealkylation sites (N-methyl/N-ethyl adjacent to an activating group) is 1. The molecular formula is C29H30N2O5S. The van der Waals surface area contributed by atoms with Crippen molar-refractivity contribution in [2.75, 3.05) is 31.8 Å². The van der Waals surface area contributed by atoms with Crippen LogP contribution in [-0.2, 0) is 30.7 Å². The average Bonchev–Trinajstić information content (AvgIpc) is 3.00. The van der Waals surface area contributed by atoms with Crippen LogP contribution in [0.5, 0.6) is 0 Å². The van der Waals surface area contributed by atoms with Gasteiger partial charge in [0.1, 0.15) is 0 Å². The molecule has 0 atom stereocenters. The Morgan fingerprint density at radius 2 is 1.65 bits per heavy atom. The number of methoxy groups -OCH3 is 1. The van der Waals surface area contributed by atoms with E-state index in [2.05, 4.69) is 10.1 Å². The highest BCUT2D eigenvalue weighted by Gasteiger charge is 2.25. The maximum absolute atomic E-state index is 13.1. The Morgan fingerprint density at radius 3 is 2.32 bits per heavy atom. The van der Waals surface area contributed by atoms with E-state index in [4.69, 9.17) is 0 Å². The van der Waals surface area contributed by atoms with Crippen LogP contribution in [0.4, 0.5) is 5.69 Å². The SMILES string of the molecule is COC(=O)CN(C)Cc1ccc(NC(=O)C2=Cc3cc(-c4ccc(C)cc4)ccc3S(=O)(=O)CC2)cc1. The second kappa shape index (κ2) is 11.1. The molecule has 3 aromatic carbocycles. The van der Waals surface area contributed by atoms with Gasteiger partial charge in [-0.05, 0) is 73.0 Å². The van der Waals surface area contributed by atoms with E-state index in [1.807, 2.05) is 67.4 Å². The van der Waals surface area contributed by atoms with Crippen LogP contribution in [0.3, 0.4) is 0 Å². The Kier molecular flexibility index (Phi) is 7.90. The summed E-state index contributed by atoms with van der Waals surface area (Å²) >= 11 is 0. The van der Waals surface area contributed by atoms with E-state index in [1.54, 1.807) is 24.3 Å². The van der Waals surface area contributed by atoms with Gasteiger partial charge in [-0.3, -0.25) is 14.5 Å². The molecule has 8 heteroatoms. The van der Waals surface area contributed by atoms with Crippen LogP contribution < -0.4 is 5.32 Å². The van der Waals surface area contributed by atoms with Gasteiger partial charge in [-0.15, -0.1) is 0 Å². The van der Waals surface area contributed by atoms with Gasteiger partial charge in [-0.1, -0.05) is 48.0 Å². The lowest BCUT2D eigenvalue weighted by atomic mass is 10.0. The third-order valence-electron chi connectivity index (χ3n) is 6.28. The molecule has 0 spiro atoms. The molecule has 1 N–H and O–H groups in total. The van der Waals surface area contributed by atoms with Gasteiger partial charge in [0, 0.05) is 17.8 Å². The number of nitrogens with one attached hydrogen (secondary N) is 1. The summed E-state index contributed by atoms with van der Waals surface area (Å²) in [6.45, 7) is 2.74. The number of hydrogen-bond donors (Lipinski definition) is 1. The van der Waals surface area contributed by atoms with Crippen LogP contribution in [0.15, 0.2) is 77.2 Å². The lowest BCUT2D eigenvalue weighted by Gasteiger charge is -2.15. The smallest absolute Gasteiger partial charge is 0.319 e. The van der Waals surface area contributed by atoms with E-state index >= 15 is 0 Å². The second-order valence-corrected chi connectivity index (χ2v) is 11.3. The third kappa shape index (κ3) is 6.53. The molecule has 0 aliphatic carbocycles. The first-order valence-corrected chi connectivity index (χ1v) is 13.6. The van der Waals surface area contributed by atoms with Gasteiger partial charge in [0.15, 0.2) is 9.84 Å². The van der Waals surface area contributed by atoms with Crippen molar-refractivity contribution in [3.05, 3.63) is 89.0 Å². The number of aryl methyl sites for hydroxylation is 1. The summed E-state index contributed by atoms with van der Waals surface area (Å²) in [7, 11) is -0.345. The quantitative estimate of drug-likeness (QED) is 0.464. The number of esters is 1. The molecule has 0 unspecified atom stereocenters. The zero-order valence-corrected chi connectivity index (χ0v) is 22.0. The molecular weight excluding hydrogens is 488 g/mol. The van der Waals surface area contributed by atoms with Crippen molar-refractivity contribution in [3.63, 3.8) is 0 Å². The van der Waals surface area contributed by atoms with Crippen molar-refractivity contribution < 1.29 is 22.7 Å². The minimum Gasteiger partial charge on any atom is -0.468 e. The van der Waals surface area contributed by atoms with Gasteiger partial charge in [0.25, 0.3) is 5.91 Å². The molecule has 7 nitrogen and oxygen atoms in total. The molecule has 1 heterocycles. The minimum atomic E-state index is -3.52. The topological polar surface area (TPSA) is 92.8 Å². The Morgan fingerprint density at radius 1 is 0.973 bits per heavy atom. The number of amides is 1. The standard InChI is InChI=1S/C29H30N2O5S/c1-20-4-8-22(9-5-20)23-10-13-27-25(16-23)17-24(14-15-37(27,34)35)29(33)30-26-11-6-21(7-12-26)18-31(2)19-28(32)36-3/h4-13,16-17H,14-15,18-19H2,1-3H3,(H,30,33). The number of ether oxygens (including phenoxy) is 1. The zero-order chi connectivity index (χ0) is 26.6. The van der Waals surface area contributed by atoms with Crippen molar-refractivity contribution in [3.8, 4) is 11.1 Å². The fourth-order valence-corrected chi connectivity index (χ4v) is 5.68. The fourth-order valence-electron chi connectivity index (χ4n) is 4.22. The average molecular weight is 519 g/mol. The van der Waals surface area contributed by atoms with Crippen LogP contribution in [0, 0.1) is 6.92 Å². The van der Waals surface area contributed by atoms with Gasteiger partial charge in [-0.25, -0.2) is 8.42 Å². The van der Waals surface area contributed by atoms with Crippen molar-refractivity contribution in [1.82, 2.24) is 4.90 Å². The predicted octanol–water partition coefficient (Wildman–Crippen LogP) is 4.47. The first-order valence-electron chi connectivity index (χ1n) is 11.9. The number of anilines is 1. The molecule has 0 saturated carbocycles. The highest BCUT2D eigenvalue weighted by Crippen LogP contribution is 2.31. The molecule has 0 fully saturated rings. The van der Waals surface area contributed by atoms with E-state index in [0.717, 1.165) is 22.3 Å². The highest BCUT2D eigenvalue weighted by molar-refractivity contribution is 7.91. The molecule has 3 aromatic rings. The molecule has 1 aliphatic heterocycles. The number of nitrogens with zero attached hydrogens (tertiary/aromatic N) is 1. The largest absolute Gasteiger partial charge is 0.468 e. The molecule has 0 radical (unpaired) electrons. The summed E-state index contributed by atoms with van der Waals surface area (Å²) in [6, 6.07) is 20.6. The van der Waals surface area contributed by atoms with Crippen molar-refractivity contribution >= 4 is 33.5 Å². The lowest BCUT2D eigenvalue weighted by Crippen LogP contribution is -2.26. The molecule has 37 heavy (non-hydrogen) atoms. The Hall–Kier alpha value is -3.75. The molecule has 0 saturated heterocycles. The van der Waals surface area contributed by atoms with Crippen molar-refractivity contribution in [2.24, 2.45) is 0 Å². The molecule has 0 aromatic heterocycles. The predicted molar refractivity (Wildman–Crippen MR) is 145 cm³/mol.